The molecular weight excluding hydrogens is 308 g/mol. The molecular formula is C18H24N2O4. The molecule has 2 N–H and O–H groups in total. The SMILES string of the molecule is C=C1NC(=O)N[C@@H](c2ccc(OCCCC)cc2)[C@@H]1C(=O)OCC. The Hall–Kier alpha value is -2.50. The first-order valence-corrected chi connectivity index (χ1v) is 8.22. The summed E-state index contributed by atoms with van der Waals surface area (Å²) in [5, 5.41) is 5.32. The summed E-state index contributed by atoms with van der Waals surface area (Å²) in [6.07, 6.45) is 2.07. The minimum atomic E-state index is -0.672. The van der Waals surface area contributed by atoms with E-state index >= 15 is 0 Å². The van der Waals surface area contributed by atoms with Gasteiger partial charge in [0.15, 0.2) is 0 Å². The summed E-state index contributed by atoms with van der Waals surface area (Å²) in [7, 11) is 0. The van der Waals surface area contributed by atoms with Crippen molar-refractivity contribution in [3.8, 4) is 5.75 Å². The highest BCUT2D eigenvalue weighted by Gasteiger charge is 2.38. The monoisotopic (exact) mass is 332 g/mol. The van der Waals surface area contributed by atoms with Crippen LogP contribution >= 0.6 is 0 Å². The van der Waals surface area contributed by atoms with Crippen LogP contribution in [-0.2, 0) is 9.53 Å². The third-order valence-corrected chi connectivity index (χ3v) is 3.82. The Bertz CT molecular complexity index is 598. The number of hydrogen-bond acceptors (Lipinski definition) is 4. The van der Waals surface area contributed by atoms with Gasteiger partial charge in [0.1, 0.15) is 11.7 Å². The number of unbranched alkanes of at least 4 members (excludes halogenated alkanes) is 1. The van der Waals surface area contributed by atoms with E-state index in [1.54, 1.807) is 6.92 Å². The molecule has 130 valence electrons. The van der Waals surface area contributed by atoms with Gasteiger partial charge in [-0.05, 0) is 31.0 Å². The van der Waals surface area contributed by atoms with Crippen LogP contribution in [0.1, 0.15) is 38.3 Å². The van der Waals surface area contributed by atoms with Gasteiger partial charge in [0.05, 0.1) is 19.3 Å². The number of carbonyl (C=O) groups is 2. The first kappa shape index (κ1) is 17.8. The highest BCUT2D eigenvalue weighted by molar-refractivity contribution is 5.85. The topological polar surface area (TPSA) is 76.7 Å². The van der Waals surface area contributed by atoms with Crippen molar-refractivity contribution >= 4 is 12.0 Å². The number of urea groups is 1. The largest absolute Gasteiger partial charge is 0.494 e. The molecule has 0 radical (unpaired) electrons. The number of hydrogen-bond donors (Lipinski definition) is 2. The lowest BCUT2D eigenvalue weighted by Gasteiger charge is -2.33. The minimum Gasteiger partial charge on any atom is -0.494 e. The molecule has 6 nitrogen and oxygen atoms in total. The fourth-order valence-corrected chi connectivity index (χ4v) is 2.58. The second-order valence-electron chi connectivity index (χ2n) is 5.60. The Labute approximate surface area is 142 Å². The van der Waals surface area contributed by atoms with Gasteiger partial charge in [-0.1, -0.05) is 32.1 Å². The third-order valence-electron chi connectivity index (χ3n) is 3.82. The second-order valence-corrected chi connectivity index (χ2v) is 5.60. The van der Waals surface area contributed by atoms with Gasteiger partial charge in [0.25, 0.3) is 0 Å². The summed E-state index contributed by atoms with van der Waals surface area (Å²) in [6.45, 7) is 8.58. The fourth-order valence-electron chi connectivity index (χ4n) is 2.58. The molecule has 0 aliphatic carbocycles. The summed E-state index contributed by atoms with van der Waals surface area (Å²) in [5.74, 6) is -0.322. The van der Waals surface area contributed by atoms with Crippen molar-refractivity contribution in [2.75, 3.05) is 13.2 Å². The van der Waals surface area contributed by atoms with E-state index in [1.807, 2.05) is 24.3 Å². The molecule has 2 amide bonds. The summed E-state index contributed by atoms with van der Waals surface area (Å²) in [4.78, 5) is 24.0. The van der Waals surface area contributed by atoms with Crippen molar-refractivity contribution in [3.05, 3.63) is 42.1 Å². The molecule has 1 fully saturated rings. The van der Waals surface area contributed by atoms with Crippen molar-refractivity contribution in [2.24, 2.45) is 5.92 Å². The number of ether oxygens (including phenoxy) is 2. The predicted molar refractivity (Wildman–Crippen MR) is 90.5 cm³/mol. The van der Waals surface area contributed by atoms with E-state index in [4.69, 9.17) is 9.47 Å². The molecule has 2 atom stereocenters. The number of esters is 1. The number of rotatable bonds is 7. The quantitative estimate of drug-likeness (QED) is 0.594. The van der Waals surface area contributed by atoms with E-state index in [0.29, 0.717) is 12.3 Å². The molecule has 1 aromatic rings. The molecule has 0 saturated carbocycles. The van der Waals surface area contributed by atoms with Gasteiger partial charge in [-0.15, -0.1) is 0 Å². The average molecular weight is 332 g/mol. The standard InChI is InChI=1S/C18H24N2O4/c1-4-6-11-24-14-9-7-13(8-10-14)16-15(17(21)23-5-2)12(3)19-18(22)20-16/h7-10,15-16H,3-6,11H2,1-2H3,(H2,19,20,22)/t15-,16+/m1/s1. The lowest BCUT2D eigenvalue weighted by molar-refractivity contribution is -0.147. The molecule has 1 heterocycles. The van der Waals surface area contributed by atoms with Gasteiger partial charge in [-0.25, -0.2) is 4.79 Å². The van der Waals surface area contributed by atoms with Crippen LogP contribution < -0.4 is 15.4 Å². The maximum Gasteiger partial charge on any atom is 0.319 e. The lowest BCUT2D eigenvalue weighted by Crippen LogP contribution is -2.51. The summed E-state index contributed by atoms with van der Waals surface area (Å²) < 4.78 is 10.7. The number of nitrogens with one attached hydrogen (secondary N) is 2. The van der Waals surface area contributed by atoms with Crippen LogP contribution in [0.3, 0.4) is 0 Å². The van der Waals surface area contributed by atoms with Crippen molar-refractivity contribution in [1.29, 1.82) is 0 Å². The maximum absolute atomic E-state index is 12.2. The van der Waals surface area contributed by atoms with Gasteiger partial charge in [-0.3, -0.25) is 4.79 Å². The fraction of sp³-hybridized carbons (Fsp3) is 0.444. The van der Waals surface area contributed by atoms with E-state index in [2.05, 4.69) is 24.1 Å². The Morgan fingerprint density at radius 2 is 1.96 bits per heavy atom. The van der Waals surface area contributed by atoms with Crippen LogP contribution in [-0.4, -0.2) is 25.2 Å². The predicted octanol–water partition coefficient (Wildman–Crippen LogP) is 2.91. The van der Waals surface area contributed by atoms with Crippen LogP contribution in [0.15, 0.2) is 36.5 Å². The van der Waals surface area contributed by atoms with E-state index < -0.39 is 17.9 Å². The van der Waals surface area contributed by atoms with Gasteiger partial charge in [0, 0.05) is 5.70 Å². The van der Waals surface area contributed by atoms with Crippen LogP contribution in [0.5, 0.6) is 5.75 Å². The number of benzene rings is 1. The molecule has 0 unspecified atom stereocenters. The van der Waals surface area contributed by atoms with Crippen molar-refractivity contribution < 1.29 is 19.1 Å². The van der Waals surface area contributed by atoms with Crippen LogP contribution in [0.2, 0.25) is 0 Å². The summed E-state index contributed by atoms with van der Waals surface area (Å²) in [5.41, 5.74) is 1.14. The molecule has 0 spiro atoms. The molecule has 1 saturated heterocycles. The molecule has 2 rings (SSSR count). The third kappa shape index (κ3) is 4.28. The van der Waals surface area contributed by atoms with Gasteiger partial charge >= 0.3 is 12.0 Å². The lowest BCUT2D eigenvalue weighted by atomic mass is 9.89. The van der Waals surface area contributed by atoms with Gasteiger partial charge < -0.3 is 20.1 Å². The van der Waals surface area contributed by atoms with Crippen molar-refractivity contribution in [1.82, 2.24) is 10.6 Å². The number of amides is 2. The molecule has 24 heavy (non-hydrogen) atoms. The van der Waals surface area contributed by atoms with Gasteiger partial charge in [-0.2, -0.15) is 0 Å². The van der Waals surface area contributed by atoms with Crippen LogP contribution in [0.4, 0.5) is 4.79 Å². The van der Waals surface area contributed by atoms with E-state index in [0.717, 1.165) is 24.2 Å². The zero-order valence-corrected chi connectivity index (χ0v) is 14.1. The Morgan fingerprint density at radius 1 is 1.25 bits per heavy atom. The molecule has 6 heteroatoms. The summed E-state index contributed by atoms with van der Waals surface area (Å²) >= 11 is 0. The maximum atomic E-state index is 12.2. The normalized spacial score (nSPS) is 20.1. The van der Waals surface area contributed by atoms with Crippen molar-refractivity contribution in [3.63, 3.8) is 0 Å². The minimum absolute atomic E-state index is 0.271. The first-order valence-electron chi connectivity index (χ1n) is 8.22. The Balaban J connectivity index is 2.17. The second kappa shape index (κ2) is 8.38. The Kier molecular flexibility index (Phi) is 6.23. The zero-order valence-electron chi connectivity index (χ0n) is 14.1. The van der Waals surface area contributed by atoms with E-state index in [1.165, 1.54) is 0 Å². The smallest absolute Gasteiger partial charge is 0.319 e. The zero-order chi connectivity index (χ0) is 17.5. The summed E-state index contributed by atoms with van der Waals surface area (Å²) in [6, 6.07) is 6.46. The van der Waals surface area contributed by atoms with Crippen LogP contribution in [0, 0.1) is 5.92 Å². The molecule has 1 aliphatic heterocycles. The highest BCUT2D eigenvalue weighted by atomic mass is 16.5. The van der Waals surface area contributed by atoms with E-state index in [-0.39, 0.29) is 12.6 Å². The number of carbonyl (C=O) groups excluding carboxylic acids is 2. The highest BCUT2D eigenvalue weighted by Crippen LogP contribution is 2.31. The molecule has 0 aromatic heterocycles. The Morgan fingerprint density at radius 3 is 2.58 bits per heavy atom. The van der Waals surface area contributed by atoms with E-state index in [9.17, 15) is 9.59 Å². The molecule has 0 bridgehead atoms. The van der Waals surface area contributed by atoms with Gasteiger partial charge in [0.2, 0.25) is 0 Å². The average Bonchev–Trinajstić information content (AvgIpc) is 2.55. The molecule has 1 aromatic carbocycles. The van der Waals surface area contributed by atoms with Crippen molar-refractivity contribution in [2.45, 2.75) is 32.7 Å². The first-order chi connectivity index (χ1) is 11.6. The van der Waals surface area contributed by atoms with Crippen LogP contribution in [0.25, 0.3) is 0 Å². The molecule has 1 aliphatic rings.